The van der Waals surface area contributed by atoms with Crippen molar-refractivity contribution >= 4 is 23.4 Å². The fourth-order valence-corrected chi connectivity index (χ4v) is 2.94. The molecule has 0 aliphatic carbocycles. The third-order valence-electron chi connectivity index (χ3n) is 3.33. The van der Waals surface area contributed by atoms with E-state index in [-0.39, 0.29) is 22.2 Å². The molecular weight excluding hydrogens is 365 g/mol. The second kappa shape index (κ2) is 7.20. The number of nitrogens with zero attached hydrogens (tertiary/aromatic N) is 2. The summed E-state index contributed by atoms with van der Waals surface area (Å²) >= 11 is -0.316. The van der Waals surface area contributed by atoms with E-state index in [1.807, 2.05) is 0 Å². The minimum absolute atomic E-state index is 0.0473. The molecule has 5 nitrogen and oxygen atoms in total. The third-order valence-corrected chi connectivity index (χ3v) is 4.14. The molecule has 0 unspecified atom stereocenters. The fraction of sp³-hybridized carbons (Fsp3) is 0.118. The minimum atomic E-state index is -4.47. The van der Waals surface area contributed by atoms with Gasteiger partial charge in [-0.3, -0.25) is 9.89 Å². The lowest BCUT2D eigenvalue weighted by Gasteiger charge is -2.11. The Balaban J connectivity index is 1.83. The molecule has 0 aliphatic rings. The van der Waals surface area contributed by atoms with Gasteiger partial charge >= 0.3 is 5.51 Å². The molecule has 0 spiro atoms. The lowest BCUT2D eigenvalue weighted by molar-refractivity contribution is -0.0328. The molecule has 3 rings (SSSR count). The summed E-state index contributed by atoms with van der Waals surface area (Å²) in [6.07, 6.45) is 0. The van der Waals surface area contributed by atoms with Crippen molar-refractivity contribution < 1.29 is 18.0 Å². The van der Waals surface area contributed by atoms with Crippen LogP contribution in [0.4, 0.5) is 18.9 Å². The molecule has 0 atom stereocenters. The van der Waals surface area contributed by atoms with Crippen LogP contribution in [-0.4, -0.2) is 26.6 Å². The van der Waals surface area contributed by atoms with Crippen LogP contribution < -0.4 is 5.32 Å². The highest BCUT2D eigenvalue weighted by Crippen LogP contribution is 2.38. The van der Waals surface area contributed by atoms with Gasteiger partial charge in [0.2, 0.25) is 0 Å². The van der Waals surface area contributed by atoms with Gasteiger partial charge in [0.1, 0.15) is 5.82 Å². The Morgan fingerprint density at radius 1 is 1.15 bits per heavy atom. The second-order valence-electron chi connectivity index (χ2n) is 5.32. The lowest BCUT2D eigenvalue weighted by Crippen LogP contribution is -2.14. The highest BCUT2D eigenvalue weighted by molar-refractivity contribution is 8.00. The van der Waals surface area contributed by atoms with Gasteiger partial charge in [-0.25, -0.2) is 4.98 Å². The zero-order chi connectivity index (χ0) is 18.7. The number of amides is 1. The monoisotopic (exact) mass is 378 g/mol. The standard InChI is InChI=1S/C17H13F3N4OS/c1-10-21-15(24-23-10)11-5-4-6-12(9-11)22-16(25)13-7-2-3-8-14(13)26-17(18,19)20/h2-9H,1H3,(H,22,25)(H,21,23,24). The Morgan fingerprint density at radius 2 is 1.92 bits per heavy atom. The highest BCUT2D eigenvalue weighted by atomic mass is 32.2. The first-order valence-electron chi connectivity index (χ1n) is 7.47. The van der Waals surface area contributed by atoms with E-state index in [9.17, 15) is 18.0 Å². The number of anilines is 1. The van der Waals surface area contributed by atoms with Gasteiger partial charge in [-0.15, -0.1) is 0 Å². The summed E-state index contributed by atoms with van der Waals surface area (Å²) in [4.78, 5) is 16.5. The van der Waals surface area contributed by atoms with Crippen LogP contribution in [0.25, 0.3) is 11.4 Å². The third kappa shape index (κ3) is 4.42. The van der Waals surface area contributed by atoms with E-state index in [0.717, 1.165) is 0 Å². The number of hydrogen-bond acceptors (Lipinski definition) is 4. The first-order chi connectivity index (χ1) is 12.3. The van der Waals surface area contributed by atoms with Crippen molar-refractivity contribution in [3.8, 4) is 11.4 Å². The number of aryl methyl sites for hydroxylation is 1. The highest BCUT2D eigenvalue weighted by Gasteiger charge is 2.31. The van der Waals surface area contributed by atoms with Crippen molar-refractivity contribution in [3.05, 3.63) is 59.9 Å². The van der Waals surface area contributed by atoms with E-state index in [1.54, 1.807) is 31.2 Å². The number of H-pyrrole nitrogens is 1. The number of alkyl halides is 3. The molecular formula is C17H13F3N4OS. The van der Waals surface area contributed by atoms with Crippen LogP contribution in [0.2, 0.25) is 0 Å². The minimum Gasteiger partial charge on any atom is -0.322 e. The Kier molecular flexibility index (Phi) is 4.99. The summed E-state index contributed by atoms with van der Waals surface area (Å²) < 4.78 is 38.0. The number of carbonyl (C=O) groups excluding carboxylic acids is 1. The Hall–Kier alpha value is -2.81. The number of carbonyl (C=O) groups is 1. The molecule has 2 N–H and O–H groups in total. The topological polar surface area (TPSA) is 70.7 Å². The largest absolute Gasteiger partial charge is 0.446 e. The van der Waals surface area contributed by atoms with E-state index >= 15 is 0 Å². The maximum absolute atomic E-state index is 12.7. The number of aromatic nitrogens is 3. The Bertz CT molecular complexity index is 940. The number of nitrogens with one attached hydrogen (secondary N) is 2. The average Bonchev–Trinajstić information content (AvgIpc) is 3.00. The van der Waals surface area contributed by atoms with Crippen LogP contribution in [0, 0.1) is 6.92 Å². The lowest BCUT2D eigenvalue weighted by atomic mass is 10.1. The van der Waals surface area contributed by atoms with Gasteiger partial charge in [-0.05, 0) is 43.0 Å². The zero-order valence-electron chi connectivity index (χ0n) is 13.5. The number of aromatic amines is 1. The van der Waals surface area contributed by atoms with Crippen LogP contribution in [0.15, 0.2) is 53.4 Å². The van der Waals surface area contributed by atoms with E-state index in [2.05, 4.69) is 20.5 Å². The normalized spacial score (nSPS) is 11.4. The predicted octanol–water partition coefficient (Wildman–Crippen LogP) is 4.64. The molecule has 1 heterocycles. The Morgan fingerprint density at radius 3 is 2.62 bits per heavy atom. The number of rotatable bonds is 4. The first kappa shape index (κ1) is 18.0. The first-order valence-corrected chi connectivity index (χ1v) is 8.29. The van der Waals surface area contributed by atoms with Crippen molar-refractivity contribution in [2.45, 2.75) is 17.3 Å². The molecule has 0 saturated carbocycles. The van der Waals surface area contributed by atoms with Crippen LogP contribution in [-0.2, 0) is 0 Å². The molecule has 0 saturated heterocycles. The summed E-state index contributed by atoms with van der Waals surface area (Å²) in [7, 11) is 0. The van der Waals surface area contributed by atoms with E-state index in [0.29, 0.717) is 22.9 Å². The second-order valence-corrected chi connectivity index (χ2v) is 6.43. The van der Waals surface area contributed by atoms with E-state index < -0.39 is 11.4 Å². The van der Waals surface area contributed by atoms with Crippen LogP contribution >= 0.6 is 11.8 Å². The van der Waals surface area contributed by atoms with Gasteiger partial charge in [0.15, 0.2) is 5.82 Å². The molecule has 134 valence electrons. The molecule has 0 bridgehead atoms. The quantitative estimate of drug-likeness (QED) is 0.649. The molecule has 26 heavy (non-hydrogen) atoms. The molecule has 9 heteroatoms. The van der Waals surface area contributed by atoms with Crippen molar-refractivity contribution in [1.82, 2.24) is 15.2 Å². The van der Waals surface area contributed by atoms with Gasteiger partial charge in [-0.1, -0.05) is 24.3 Å². The number of benzene rings is 2. The molecule has 1 amide bonds. The fourth-order valence-electron chi connectivity index (χ4n) is 2.27. The number of halogens is 3. The van der Waals surface area contributed by atoms with Crippen LogP contribution in [0.1, 0.15) is 16.2 Å². The van der Waals surface area contributed by atoms with Gasteiger partial charge < -0.3 is 5.32 Å². The summed E-state index contributed by atoms with van der Waals surface area (Å²) in [5.74, 6) is 0.486. The van der Waals surface area contributed by atoms with Gasteiger partial charge in [0.05, 0.1) is 5.56 Å². The van der Waals surface area contributed by atoms with Crippen LogP contribution in [0.3, 0.4) is 0 Å². The van der Waals surface area contributed by atoms with E-state index in [1.165, 1.54) is 24.3 Å². The van der Waals surface area contributed by atoms with Crippen LogP contribution in [0.5, 0.6) is 0 Å². The number of hydrogen-bond donors (Lipinski definition) is 2. The molecule has 1 aromatic heterocycles. The van der Waals surface area contributed by atoms with Crippen molar-refractivity contribution in [2.24, 2.45) is 0 Å². The summed E-state index contributed by atoms with van der Waals surface area (Å²) in [6, 6.07) is 12.4. The van der Waals surface area contributed by atoms with Crippen molar-refractivity contribution in [3.63, 3.8) is 0 Å². The van der Waals surface area contributed by atoms with Gasteiger partial charge in [0, 0.05) is 16.1 Å². The van der Waals surface area contributed by atoms with Crippen molar-refractivity contribution in [2.75, 3.05) is 5.32 Å². The maximum atomic E-state index is 12.7. The van der Waals surface area contributed by atoms with Gasteiger partial charge in [-0.2, -0.15) is 18.3 Å². The number of thioether (sulfide) groups is 1. The van der Waals surface area contributed by atoms with Crippen molar-refractivity contribution in [1.29, 1.82) is 0 Å². The smallest absolute Gasteiger partial charge is 0.322 e. The van der Waals surface area contributed by atoms with E-state index in [4.69, 9.17) is 0 Å². The molecule has 0 aliphatic heterocycles. The zero-order valence-corrected chi connectivity index (χ0v) is 14.3. The molecule has 0 radical (unpaired) electrons. The summed E-state index contributed by atoms with van der Waals surface area (Å²) in [5, 5.41) is 9.38. The maximum Gasteiger partial charge on any atom is 0.446 e. The molecule has 3 aromatic rings. The molecule has 2 aromatic carbocycles. The molecule has 0 fully saturated rings. The average molecular weight is 378 g/mol. The predicted molar refractivity (Wildman–Crippen MR) is 92.9 cm³/mol. The van der Waals surface area contributed by atoms with Gasteiger partial charge in [0.25, 0.3) is 5.91 Å². The summed E-state index contributed by atoms with van der Waals surface area (Å²) in [6.45, 7) is 1.76. The Labute approximate surface area is 151 Å². The summed E-state index contributed by atoms with van der Waals surface area (Å²) in [5.41, 5.74) is -3.42. The SMILES string of the molecule is Cc1nc(-c2cccc(NC(=O)c3ccccc3SC(F)(F)F)c2)n[nH]1.